The molecule has 2 heterocycles. The fraction of sp³-hybridized carbons (Fsp3) is 0.389. The summed E-state index contributed by atoms with van der Waals surface area (Å²) in [7, 11) is -3.52. The van der Waals surface area contributed by atoms with Gasteiger partial charge in [0.05, 0.1) is 24.0 Å². The van der Waals surface area contributed by atoms with E-state index in [4.69, 9.17) is 20.8 Å². The van der Waals surface area contributed by atoms with Gasteiger partial charge in [0.25, 0.3) is 5.91 Å². The zero-order valence-corrected chi connectivity index (χ0v) is 17.6. The molecule has 0 spiro atoms. The Morgan fingerprint density at radius 1 is 1.39 bits per heavy atom. The normalized spacial score (nSPS) is 16.8. The number of rotatable bonds is 7. The molecule has 1 aromatic carbocycles. The van der Waals surface area contributed by atoms with Crippen LogP contribution in [0, 0.1) is 0 Å². The number of anilines is 1. The number of nitrogens with one attached hydrogen (secondary N) is 1. The highest BCUT2D eigenvalue weighted by Gasteiger charge is 2.31. The van der Waals surface area contributed by atoms with E-state index < -0.39 is 16.1 Å². The number of carbonyl (C=O) groups is 1. The highest BCUT2D eigenvalue weighted by Crippen LogP contribution is 2.36. The molecule has 10 heteroatoms. The van der Waals surface area contributed by atoms with Crippen LogP contribution in [-0.4, -0.2) is 45.5 Å². The molecule has 1 amide bonds. The summed E-state index contributed by atoms with van der Waals surface area (Å²) in [4.78, 5) is 12.5. The summed E-state index contributed by atoms with van der Waals surface area (Å²) >= 11 is 7.66. The Morgan fingerprint density at radius 3 is 2.93 bits per heavy atom. The predicted octanol–water partition coefficient (Wildman–Crippen LogP) is 2.90. The summed E-state index contributed by atoms with van der Waals surface area (Å²) in [6.07, 6.45) is 2.21. The van der Waals surface area contributed by atoms with Crippen LogP contribution in [0.15, 0.2) is 41.0 Å². The number of carbonyl (C=O) groups excluding carboxylic acids is 1. The highest BCUT2D eigenvalue weighted by atomic mass is 35.5. The molecule has 0 radical (unpaired) electrons. The number of ether oxygens (including phenoxy) is 1. The monoisotopic (exact) mass is 444 g/mol. The van der Waals surface area contributed by atoms with Crippen molar-refractivity contribution in [3.63, 3.8) is 0 Å². The second kappa shape index (κ2) is 9.11. The lowest BCUT2D eigenvalue weighted by molar-refractivity contribution is -0.127. The van der Waals surface area contributed by atoms with Crippen molar-refractivity contribution in [2.45, 2.75) is 18.3 Å². The Bertz CT molecular complexity index is 918. The predicted molar refractivity (Wildman–Crippen MR) is 111 cm³/mol. The number of furan rings is 1. The number of thioether (sulfide) groups is 1. The van der Waals surface area contributed by atoms with Crippen molar-refractivity contribution in [2.24, 2.45) is 0 Å². The van der Waals surface area contributed by atoms with Gasteiger partial charge in [-0.15, -0.1) is 0 Å². The number of amides is 1. The first-order valence-electron chi connectivity index (χ1n) is 8.66. The van der Waals surface area contributed by atoms with Crippen molar-refractivity contribution in [1.82, 2.24) is 5.32 Å². The van der Waals surface area contributed by atoms with E-state index in [-0.39, 0.29) is 18.9 Å². The molecule has 1 aromatic heterocycles. The van der Waals surface area contributed by atoms with E-state index in [1.165, 1.54) is 10.4 Å². The maximum Gasteiger partial charge on any atom is 0.261 e. The van der Waals surface area contributed by atoms with Crippen LogP contribution in [0.3, 0.4) is 0 Å². The van der Waals surface area contributed by atoms with Crippen molar-refractivity contribution < 1.29 is 22.4 Å². The van der Waals surface area contributed by atoms with E-state index in [1.807, 2.05) is 12.1 Å². The quantitative estimate of drug-likeness (QED) is 0.660. The molecule has 0 aliphatic carbocycles. The lowest BCUT2D eigenvalue weighted by Crippen LogP contribution is -2.40. The van der Waals surface area contributed by atoms with Gasteiger partial charge in [-0.25, -0.2) is 8.42 Å². The van der Waals surface area contributed by atoms with Crippen LogP contribution in [0.4, 0.5) is 5.69 Å². The molecular weight excluding hydrogens is 424 g/mol. The average molecular weight is 445 g/mol. The summed E-state index contributed by atoms with van der Waals surface area (Å²) in [6.45, 7) is 0.616. The zero-order valence-electron chi connectivity index (χ0n) is 15.3. The van der Waals surface area contributed by atoms with Gasteiger partial charge >= 0.3 is 0 Å². The summed E-state index contributed by atoms with van der Waals surface area (Å²) in [5.74, 6) is 2.40. The number of nitrogens with zero attached hydrogens (tertiary/aromatic N) is 1. The van der Waals surface area contributed by atoms with E-state index in [2.05, 4.69) is 5.32 Å². The first-order valence-corrected chi connectivity index (χ1v) is 12.0. The highest BCUT2D eigenvalue weighted by molar-refractivity contribution is 7.98. The average Bonchev–Trinajstić information content (AvgIpc) is 3.06. The Kier molecular flexibility index (Phi) is 6.79. The smallest absolute Gasteiger partial charge is 0.261 e. The molecule has 1 N–H and O–H groups in total. The number of hydrogen-bond acceptors (Lipinski definition) is 6. The van der Waals surface area contributed by atoms with E-state index >= 15 is 0 Å². The second-order valence-electron chi connectivity index (χ2n) is 6.27. The minimum absolute atomic E-state index is 0.136. The topological polar surface area (TPSA) is 88.9 Å². The van der Waals surface area contributed by atoms with E-state index in [9.17, 15) is 13.2 Å². The summed E-state index contributed by atoms with van der Waals surface area (Å²) in [6, 6.07) is 8.46. The summed E-state index contributed by atoms with van der Waals surface area (Å²) < 4.78 is 36.6. The maximum absolute atomic E-state index is 12.5. The molecule has 1 atom stereocenters. The fourth-order valence-corrected chi connectivity index (χ4v) is 4.67. The lowest BCUT2D eigenvalue weighted by atomic mass is 10.2. The molecule has 152 valence electrons. The molecule has 7 nitrogen and oxygen atoms in total. The Labute approximate surface area is 173 Å². The lowest BCUT2D eigenvalue weighted by Gasteiger charge is -2.21. The van der Waals surface area contributed by atoms with Crippen LogP contribution >= 0.6 is 23.4 Å². The third-order valence-corrected chi connectivity index (χ3v) is 6.51. The third-order valence-electron chi connectivity index (χ3n) is 4.12. The molecule has 3 rings (SSSR count). The zero-order chi connectivity index (χ0) is 20.1. The molecule has 1 aliphatic heterocycles. The van der Waals surface area contributed by atoms with Gasteiger partial charge in [-0.3, -0.25) is 9.10 Å². The standard InChI is InChI=1S/C18H21ClN2O5S2/c1-28(23,24)21-8-6-17(26-16-5-4-13(19)11-15(16)21)18(22)20-7-10-27-12-14-3-2-9-25-14/h2-5,9,11,17H,6-8,10,12H2,1H3,(H,20,22)/t17-/m1/s1. The van der Waals surface area contributed by atoms with Gasteiger partial charge in [-0.05, 0) is 30.3 Å². The van der Waals surface area contributed by atoms with Gasteiger partial charge in [-0.1, -0.05) is 11.6 Å². The number of halogens is 1. The van der Waals surface area contributed by atoms with Crippen LogP contribution < -0.4 is 14.4 Å². The fourth-order valence-electron chi connectivity index (χ4n) is 2.81. The number of sulfonamides is 1. The first kappa shape index (κ1) is 20.9. The Balaban J connectivity index is 1.59. The molecule has 28 heavy (non-hydrogen) atoms. The van der Waals surface area contributed by atoms with Crippen LogP contribution in [0.2, 0.25) is 5.02 Å². The van der Waals surface area contributed by atoms with E-state index in [0.717, 1.165) is 23.5 Å². The SMILES string of the molecule is CS(=O)(=O)N1CC[C@H](C(=O)NCCSCc2ccco2)Oc2ccc(Cl)cc21. The van der Waals surface area contributed by atoms with E-state index in [1.54, 1.807) is 30.2 Å². The molecule has 0 saturated heterocycles. The third kappa shape index (κ3) is 5.36. The Hall–Kier alpha value is -1.84. The van der Waals surface area contributed by atoms with Gasteiger partial charge < -0.3 is 14.5 Å². The number of hydrogen-bond donors (Lipinski definition) is 1. The van der Waals surface area contributed by atoms with Crippen LogP contribution in [-0.2, 0) is 20.6 Å². The minimum Gasteiger partial charge on any atom is -0.478 e. The van der Waals surface area contributed by atoms with Crippen molar-refractivity contribution in [2.75, 3.05) is 29.4 Å². The number of benzene rings is 1. The molecule has 0 saturated carbocycles. The second-order valence-corrected chi connectivity index (χ2v) is 9.71. The van der Waals surface area contributed by atoms with Crippen molar-refractivity contribution in [3.8, 4) is 5.75 Å². The summed E-state index contributed by atoms with van der Waals surface area (Å²) in [5.41, 5.74) is 0.347. The minimum atomic E-state index is -3.52. The van der Waals surface area contributed by atoms with E-state index in [0.29, 0.717) is 23.0 Å². The van der Waals surface area contributed by atoms with Crippen LogP contribution in [0.5, 0.6) is 5.75 Å². The molecule has 0 unspecified atom stereocenters. The number of fused-ring (bicyclic) bond motifs is 1. The molecule has 0 bridgehead atoms. The van der Waals surface area contributed by atoms with Gasteiger partial charge in [0.1, 0.15) is 11.5 Å². The maximum atomic E-state index is 12.5. The Morgan fingerprint density at radius 2 is 2.21 bits per heavy atom. The van der Waals surface area contributed by atoms with Gasteiger partial charge in [0, 0.05) is 30.3 Å². The van der Waals surface area contributed by atoms with Gasteiger partial charge in [-0.2, -0.15) is 11.8 Å². The molecule has 2 aromatic rings. The summed E-state index contributed by atoms with van der Waals surface area (Å²) in [5, 5.41) is 3.24. The van der Waals surface area contributed by atoms with Crippen molar-refractivity contribution >= 4 is 45.0 Å². The first-order chi connectivity index (χ1) is 13.3. The molecule has 0 fully saturated rings. The largest absolute Gasteiger partial charge is 0.478 e. The molecule has 1 aliphatic rings. The van der Waals surface area contributed by atoms with Crippen molar-refractivity contribution in [1.29, 1.82) is 0 Å². The van der Waals surface area contributed by atoms with Gasteiger partial charge in [0.2, 0.25) is 10.0 Å². The van der Waals surface area contributed by atoms with Crippen LogP contribution in [0.1, 0.15) is 12.2 Å². The van der Waals surface area contributed by atoms with Crippen molar-refractivity contribution in [3.05, 3.63) is 47.4 Å². The van der Waals surface area contributed by atoms with Crippen LogP contribution in [0.25, 0.3) is 0 Å². The molecular formula is C18H21ClN2O5S2. The van der Waals surface area contributed by atoms with Gasteiger partial charge in [0.15, 0.2) is 6.10 Å².